The maximum Gasteiger partial charge on any atom is 0.293 e. The minimum atomic E-state index is -0.486. The lowest BCUT2D eigenvalue weighted by atomic mass is 10.1. The molecule has 0 radical (unpaired) electrons. The molecular formula is C24H18ClFN2O4S. The van der Waals surface area contributed by atoms with Gasteiger partial charge in [0, 0.05) is 17.4 Å². The molecule has 1 aliphatic rings. The lowest BCUT2D eigenvalue weighted by Crippen LogP contribution is -2.27. The van der Waals surface area contributed by atoms with Gasteiger partial charge in [-0.1, -0.05) is 23.7 Å². The molecule has 0 bridgehead atoms. The summed E-state index contributed by atoms with van der Waals surface area (Å²) in [6, 6.07) is 12.8. The fourth-order valence-corrected chi connectivity index (χ4v) is 4.21. The summed E-state index contributed by atoms with van der Waals surface area (Å²) in [5.41, 5.74) is 2.12. The predicted molar refractivity (Wildman–Crippen MR) is 124 cm³/mol. The number of rotatable bonds is 7. The van der Waals surface area contributed by atoms with Gasteiger partial charge in [-0.25, -0.2) is 4.39 Å². The smallest absolute Gasteiger partial charge is 0.293 e. The number of methoxy groups -OCH3 is 1. The number of carbonyl (C=O) groups is 2. The van der Waals surface area contributed by atoms with Crippen molar-refractivity contribution in [3.63, 3.8) is 0 Å². The van der Waals surface area contributed by atoms with E-state index in [1.54, 1.807) is 36.7 Å². The van der Waals surface area contributed by atoms with Crippen LogP contribution in [0.3, 0.4) is 0 Å². The Morgan fingerprint density at radius 3 is 2.61 bits per heavy atom. The summed E-state index contributed by atoms with van der Waals surface area (Å²) in [6.45, 7) is 0.315. The topological polar surface area (TPSA) is 68.7 Å². The van der Waals surface area contributed by atoms with Crippen LogP contribution in [0.25, 0.3) is 6.08 Å². The molecule has 0 aliphatic carbocycles. The lowest BCUT2D eigenvalue weighted by Gasteiger charge is -2.13. The van der Waals surface area contributed by atoms with Crippen LogP contribution in [0, 0.1) is 5.82 Å². The van der Waals surface area contributed by atoms with E-state index in [1.165, 1.54) is 19.2 Å². The molecular weight excluding hydrogens is 467 g/mol. The van der Waals surface area contributed by atoms with Gasteiger partial charge >= 0.3 is 0 Å². The Morgan fingerprint density at radius 1 is 1.09 bits per heavy atom. The van der Waals surface area contributed by atoms with Crippen molar-refractivity contribution < 1.29 is 23.5 Å². The molecule has 0 atom stereocenters. The van der Waals surface area contributed by atoms with E-state index in [9.17, 15) is 14.0 Å². The van der Waals surface area contributed by atoms with E-state index in [0.717, 1.165) is 28.3 Å². The second kappa shape index (κ2) is 10.1. The second-order valence-electron chi connectivity index (χ2n) is 7.06. The highest BCUT2D eigenvalue weighted by Gasteiger charge is 2.35. The summed E-state index contributed by atoms with van der Waals surface area (Å²) in [4.78, 5) is 30.6. The van der Waals surface area contributed by atoms with Crippen LogP contribution in [0.15, 0.2) is 65.8 Å². The number of amides is 2. The number of aromatic nitrogens is 1. The molecule has 1 aliphatic heterocycles. The van der Waals surface area contributed by atoms with Crippen molar-refractivity contribution in [2.24, 2.45) is 0 Å². The van der Waals surface area contributed by atoms with Crippen LogP contribution >= 0.6 is 23.4 Å². The average molecular weight is 485 g/mol. The maximum atomic E-state index is 13.3. The fraction of sp³-hybridized carbons (Fsp3) is 0.125. The van der Waals surface area contributed by atoms with Crippen LogP contribution in [-0.2, 0) is 17.9 Å². The minimum absolute atomic E-state index is 0.0355. The first-order valence-electron chi connectivity index (χ1n) is 9.83. The standard InChI is InChI=1S/C24H18ClFN2O4S/c1-31-21-10-16(2-5-20(21)32-14-15-6-8-27-9-7-15)11-22-23(29)28(24(30)33-22)13-17-3-4-18(26)12-19(17)25/h2-12H,13-14H2,1H3/b22-11-. The van der Waals surface area contributed by atoms with Crippen LogP contribution in [0.4, 0.5) is 9.18 Å². The van der Waals surface area contributed by atoms with E-state index in [-0.39, 0.29) is 16.5 Å². The van der Waals surface area contributed by atoms with Crippen molar-refractivity contribution in [3.8, 4) is 11.5 Å². The van der Waals surface area contributed by atoms with Gasteiger partial charge < -0.3 is 9.47 Å². The number of benzene rings is 2. The Bertz CT molecular complexity index is 1240. The monoisotopic (exact) mass is 484 g/mol. The number of thioether (sulfide) groups is 1. The Balaban J connectivity index is 1.49. The van der Waals surface area contributed by atoms with Gasteiger partial charge in [-0.15, -0.1) is 0 Å². The van der Waals surface area contributed by atoms with E-state index < -0.39 is 17.0 Å². The summed E-state index contributed by atoms with van der Waals surface area (Å²) in [5.74, 6) is 0.114. The molecule has 3 aromatic rings. The molecule has 1 aromatic heterocycles. The molecule has 0 saturated carbocycles. The highest BCUT2D eigenvalue weighted by Crippen LogP contribution is 2.36. The summed E-state index contributed by atoms with van der Waals surface area (Å²) in [7, 11) is 1.53. The van der Waals surface area contributed by atoms with Gasteiger partial charge in [0.1, 0.15) is 12.4 Å². The van der Waals surface area contributed by atoms with Gasteiger partial charge in [0.15, 0.2) is 11.5 Å². The van der Waals surface area contributed by atoms with Gasteiger partial charge in [-0.3, -0.25) is 19.5 Å². The Kier molecular flexibility index (Phi) is 6.96. The maximum absolute atomic E-state index is 13.3. The molecule has 2 heterocycles. The molecule has 33 heavy (non-hydrogen) atoms. The Morgan fingerprint density at radius 2 is 1.88 bits per heavy atom. The van der Waals surface area contributed by atoms with Crippen molar-refractivity contribution in [1.29, 1.82) is 0 Å². The lowest BCUT2D eigenvalue weighted by molar-refractivity contribution is -0.123. The molecule has 0 N–H and O–H groups in total. The number of hydrogen-bond donors (Lipinski definition) is 0. The third-order valence-electron chi connectivity index (χ3n) is 4.85. The number of halogens is 2. The largest absolute Gasteiger partial charge is 0.493 e. The van der Waals surface area contributed by atoms with Crippen molar-refractivity contribution in [2.75, 3.05) is 7.11 Å². The van der Waals surface area contributed by atoms with E-state index >= 15 is 0 Å². The van der Waals surface area contributed by atoms with Crippen LogP contribution in [-0.4, -0.2) is 28.1 Å². The first kappa shape index (κ1) is 22.8. The van der Waals surface area contributed by atoms with Crippen molar-refractivity contribution >= 4 is 40.6 Å². The number of nitrogens with zero attached hydrogens (tertiary/aromatic N) is 2. The average Bonchev–Trinajstić information content (AvgIpc) is 3.07. The van der Waals surface area contributed by atoms with Crippen LogP contribution in [0.2, 0.25) is 5.02 Å². The highest BCUT2D eigenvalue weighted by atomic mass is 35.5. The molecule has 4 rings (SSSR count). The van der Waals surface area contributed by atoms with Crippen LogP contribution in [0.1, 0.15) is 16.7 Å². The molecule has 6 nitrogen and oxygen atoms in total. The van der Waals surface area contributed by atoms with Gasteiger partial charge in [0.05, 0.1) is 18.6 Å². The molecule has 0 spiro atoms. The van der Waals surface area contributed by atoms with Crippen molar-refractivity contribution in [2.45, 2.75) is 13.2 Å². The zero-order valence-electron chi connectivity index (χ0n) is 17.5. The first-order valence-corrected chi connectivity index (χ1v) is 11.0. The number of ether oxygens (including phenoxy) is 2. The third kappa shape index (κ3) is 5.35. The Labute approximate surface area is 199 Å². The van der Waals surface area contributed by atoms with E-state index in [2.05, 4.69) is 4.98 Å². The molecule has 1 saturated heterocycles. The Hall–Kier alpha value is -3.36. The molecule has 9 heteroatoms. The summed E-state index contributed by atoms with van der Waals surface area (Å²) in [5, 5.41) is -0.263. The molecule has 168 valence electrons. The minimum Gasteiger partial charge on any atom is -0.493 e. The quantitative estimate of drug-likeness (QED) is 0.401. The summed E-state index contributed by atoms with van der Waals surface area (Å²) < 4.78 is 24.5. The van der Waals surface area contributed by atoms with Gasteiger partial charge in [0.25, 0.3) is 11.1 Å². The molecule has 1 fully saturated rings. The van der Waals surface area contributed by atoms with Gasteiger partial charge in [-0.05, 0) is 70.9 Å². The van der Waals surface area contributed by atoms with Crippen molar-refractivity contribution in [1.82, 2.24) is 9.88 Å². The highest BCUT2D eigenvalue weighted by molar-refractivity contribution is 8.18. The second-order valence-corrected chi connectivity index (χ2v) is 8.46. The number of imide groups is 1. The molecule has 2 amide bonds. The van der Waals surface area contributed by atoms with E-state index in [1.807, 2.05) is 12.1 Å². The molecule has 2 aromatic carbocycles. The van der Waals surface area contributed by atoms with Crippen LogP contribution in [0.5, 0.6) is 11.5 Å². The first-order chi connectivity index (χ1) is 15.9. The normalized spacial score (nSPS) is 14.8. The van der Waals surface area contributed by atoms with E-state index in [4.69, 9.17) is 21.1 Å². The zero-order chi connectivity index (χ0) is 23.4. The van der Waals surface area contributed by atoms with Gasteiger partial charge in [-0.2, -0.15) is 0 Å². The summed E-state index contributed by atoms with van der Waals surface area (Å²) in [6.07, 6.45) is 5.00. The van der Waals surface area contributed by atoms with Crippen molar-refractivity contribution in [3.05, 3.63) is 93.4 Å². The predicted octanol–water partition coefficient (Wildman–Crippen LogP) is 5.70. The summed E-state index contributed by atoms with van der Waals surface area (Å²) >= 11 is 6.88. The van der Waals surface area contributed by atoms with E-state index in [0.29, 0.717) is 29.2 Å². The molecule has 0 unspecified atom stereocenters. The SMILES string of the molecule is COc1cc(/C=C2\SC(=O)N(Cc3ccc(F)cc3Cl)C2=O)ccc1OCc1ccncc1. The number of pyridine rings is 1. The number of hydrogen-bond acceptors (Lipinski definition) is 6. The fourth-order valence-electron chi connectivity index (χ4n) is 3.14. The van der Waals surface area contributed by atoms with Crippen LogP contribution < -0.4 is 9.47 Å². The third-order valence-corrected chi connectivity index (χ3v) is 6.11. The number of carbonyl (C=O) groups excluding carboxylic acids is 2. The van der Waals surface area contributed by atoms with Gasteiger partial charge in [0.2, 0.25) is 0 Å². The zero-order valence-corrected chi connectivity index (χ0v) is 19.0.